The van der Waals surface area contributed by atoms with Gasteiger partial charge in [0.25, 0.3) is 5.91 Å². The van der Waals surface area contributed by atoms with Gasteiger partial charge in [0, 0.05) is 12.3 Å². The van der Waals surface area contributed by atoms with Crippen molar-refractivity contribution in [2.45, 2.75) is 18.8 Å². The van der Waals surface area contributed by atoms with Gasteiger partial charge in [0.15, 0.2) is 0 Å². The second-order valence-electron chi connectivity index (χ2n) is 3.98. The Bertz CT molecular complexity index is 446. The van der Waals surface area contributed by atoms with Gasteiger partial charge in [0.05, 0.1) is 12.7 Å². The molecule has 1 N–H and O–H groups in total. The third-order valence-electron chi connectivity index (χ3n) is 2.78. The fourth-order valence-corrected chi connectivity index (χ4v) is 2.08. The van der Waals surface area contributed by atoms with Gasteiger partial charge < -0.3 is 4.74 Å². The van der Waals surface area contributed by atoms with Gasteiger partial charge in [-0.3, -0.25) is 9.52 Å². The van der Waals surface area contributed by atoms with Crippen LogP contribution in [-0.2, 0) is 0 Å². The zero-order valence-electron chi connectivity index (χ0n) is 9.75. The first kappa shape index (κ1) is 12.2. The SMILES string of the molecule is COc1cc(F)c(C(=O)NSC)cc1C1CC1. The Morgan fingerprint density at radius 3 is 2.76 bits per heavy atom. The number of amides is 1. The van der Waals surface area contributed by atoms with Crippen LogP contribution >= 0.6 is 11.9 Å². The number of ether oxygens (including phenoxy) is 1. The maximum Gasteiger partial charge on any atom is 0.264 e. The van der Waals surface area contributed by atoms with Gasteiger partial charge in [-0.15, -0.1) is 0 Å². The van der Waals surface area contributed by atoms with E-state index in [1.54, 1.807) is 12.3 Å². The number of rotatable bonds is 4. The summed E-state index contributed by atoms with van der Waals surface area (Å²) in [4.78, 5) is 11.6. The van der Waals surface area contributed by atoms with Crippen molar-refractivity contribution in [3.63, 3.8) is 0 Å². The summed E-state index contributed by atoms with van der Waals surface area (Å²) in [6.45, 7) is 0. The smallest absolute Gasteiger partial charge is 0.264 e. The lowest BCUT2D eigenvalue weighted by Crippen LogP contribution is -2.17. The molecule has 3 nitrogen and oxygen atoms in total. The third kappa shape index (κ3) is 2.54. The lowest BCUT2D eigenvalue weighted by atomic mass is 10.0. The van der Waals surface area contributed by atoms with Gasteiger partial charge in [-0.25, -0.2) is 4.39 Å². The van der Waals surface area contributed by atoms with Crippen molar-refractivity contribution in [3.8, 4) is 5.75 Å². The van der Waals surface area contributed by atoms with Crippen LogP contribution in [0.4, 0.5) is 4.39 Å². The zero-order chi connectivity index (χ0) is 12.4. The van der Waals surface area contributed by atoms with Crippen LogP contribution in [0.25, 0.3) is 0 Å². The maximum atomic E-state index is 13.7. The predicted octanol–water partition coefficient (Wildman–Crippen LogP) is 2.72. The molecule has 1 aromatic rings. The summed E-state index contributed by atoms with van der Waals surface area (Å²) in [6, 6.07) is 2.90. The van der Waals surface area contributed by atoms with E-state index in [2.05, 4.69) is 4.72 Å². The fourth-order valence-electron chi connectivity index (χ4n) is 1.78. The zero-order valence-corrected chi connectivity index (χ0v) is 10.6. The van der Waals surface area contributed by atoms with E-state index < -0.39 is 11.7 Å². The van der Waals surface area contributed by atoms with Crippen LogP contribution in [-0.4, -0.2) is 19.3 Å². The standard InChI is InChI=1S/C12H14FNO2S/c1-16-11-6-10(13)9(12(15)14-17-2)5-8(11)7-3-4-7/h5-7H,3-4H2,1-2H3,(H,14,15). The van der Waals surface area contributed by atoms with Crippen LogP contribution in [0.2, 0.25) is 0 Å². The highest BCUT2D eigenvalue weighted by molar-refractivity contribution is 7.97. The van der Waals surface area contributed by atoms with Crippen LogP contribution in [0.1, 0.15) is 34.7 Å². The summed E-state index contributed by atoms with van der Waals surface area (Å²) in [6.07, 6.45) is 3.87. The lowest BCUT2D eigenvalue weighted by Gasteiger charge is -2.11. The van der Waals surface area contributed by atoms with E-state index in [0.717, 1.165) is 30.4 Å². The second-order valence-corrected chi connectivity index (χ2v) is 4.60. The first-order valence-electron chi connectivity index (χ1n) is 5.38. The van der Waals surface area contributed by atoms with Gasteiger partial charge in [-0.05, 0) is 30.4 Å². The predicted molar refractivity (Wildman–Crippen MR) is 65.9 cm³/mol. The number of benzene rings is 1. The highest BCUT2D eigenvalue weighted by Crippen LogP contribution is 2.45. The van der Waals surface area contributed by atoms with Crippen LogP contribution < -0.4 is 9.46 Å². The molecule has 0 saturated heterocycles. The van der Waals surface area contributed by atoms with Crippen molar-refractivity contribution in [2.75, 3.05) is 13.4 Å². The molecule has 0 heterocycles. The van der Waals surface area contributed by atoms with Gasteiger partial charge in [-0.1, -0.05) is 11.9 Å². The molecular formula is C12H14FNO2S. The van der Waals surface area contributed by atoms with Gasteiger partial charge >= 0.3 is 0 Å². The quantitative estimate of drug-likeness (QED) is 0.841. The van der Waals surface area contributed by atoms with Crippen molar-refractivity contribution in [1.29, 1.82) is 0 Å². The monoisotopic (exact) mass is 255 g/mol. The number of nitrogens with one attached hydrogen (secondary N) is 1. The van der Waals surface area contributed by atoms with E-state index in [1.807, 2.05) is 0 Å². The highest BCUT2D eigenvalue weighted by atomic mass is 32.2. The first-order valence-corrected chi connectivity index (χ1v) is 6.60. The summed E-state index contributed by atoms with van der Waals surface area (Å²) in [7, 11) is 1.52. The van der Waals surface area contributed by atoms with Crippen molar-refractivity contribution < 1.29 is 13.9 Å². The Morgan fingerprint density at radius 2 is 2.24 bits per heavy atom. The molecule has 5 heteroatoms. The topological polar surface area (TPSA) is 38.3 Å². The van der Waals surface area contributed by atoms with Crippen molar-refractivity contribution in [2.24, 2.45) is 0 Å². The molecule has 0 atom stereocenters. The largest absolute Gasteiger partial charge is 0.496 e. The van der Waals surface area contributed by atoms with Crippen molar-refractivity contribution in [1.82, 2.24) is 4.72 Å². The number of hydrogen-bond acceptors (Lipinski definition) is 3. The molecule has 17 heavy (non-hydrogen) atoms. The number of carbonyl (C=O) groups excluding carboxylic acids is 1. The van der Waals surface area contributed by atoms with E-state index in [1.165, 1.54) is 13.2 Å². The molecule has 0 aliphatic heterocycles. The molecule has 0 aromatic heterocycles. The number of carbonyl (C=O) groups is 1. The molecule has 1 fully saturated rings. The Morgan fingerprint density at radius 1 is 1.53 bits per heavy atom. The molecule has 2 rings (SSSR count). The van der Waals surface area contributed by atoms with E-state index in [4.69, 9.17) is 4.74 Å². The van der Waals surface area contributed by atoms with Gasteiger partial charge in [0.1, 0.15) is 11.6 Å². The number of methoxy groups -OCH3 is 1. The molecule has 0 unspecified atom stereocenters. The molecule has 1 aliphatic carbocycles. The van der Waals surface area contributed by atoms with Gasteiger partial charge in [0.2, 0.25) is 0 Å². The van der Waals surface area contributed by atoms with Crippen molar-refractivity contribution >= 4 is 17.9 Å². The Balaban J connectivity index is 2.39. The van der Waals surface area contributed by atoms with Crippen molar-refractivity contribution in [3.05, 3.63) is 29.1 Å². The number of hydrogen-bond donors (Lipinski definition) is 1. The first-order chi connectivity index (χ1) is 8.17. The van der Waals surface area contributed by atoms with Gasteiger partial charge in [-0.2, -0.15) is 0 Å². The molecular weight excluding hydrogens is 241 g/mol. The Kier molecular flexibility index (Phi) is 3.57. The van der Waals surface area contributed by atoms with E-state index in [0.29, 0.717) is 11.7 Å². The molecule has 0 radical (unpaired) electrons. The number of halogens is 1. The van der Waals surface area contributed by atoms with Crippen LogP contribution in [0.3, 0.4) is 0 Å². The molecule has 0 bridgehead atoms. The summed E-state index contributed by atoms with van der Waals surface area (Å²) >= 11 is 1.16. The molecule has 1 aromatic carbocycles. The third-order valence-corrected chi connectivity index (χ3v) is 3.17. The second kappa shape index (κ2) is 4.96. The molecule has 1 saturated carbocycles. The van der Waals surface area contributed by atoms with E-state index in [9.17, 15) is 9.18 Å². The normalized spacial score (nSPS) is 14.5. The summed E-state index contributed by atoms with van der Waals surface area (Å²) in [5, 5.41) is 0. The van der Waals surface area contributed by atoms with Crippen LogP contribution in [0.15, 0.2) is 12.1 Å². The summed E-state index contributed by atoms with van der Waals surface area (Å²) < 4.78 is 21.4. The highest BCUT2D eigenvalue weighted by Gasteiger charge is 2.29. The summed E-state index contributed by atoms with van der Waals surface area (Å²) in [5.74, 6) is -0.00515. The Hall–Kier alpha value is -1.23. The summed E-state index contributed by atoms with van der Waals surface area (Å²) in [5.41, 5.74) is 1.02. The maximum absolute atomic E-state index is 13.7. The fraction of sp³-hybridized carbons (Fsp3) is 0.417. The van der Waals surface area contributed by atoms with E-state index in [-0.39, 0.29) is 5.56 Å². The van der Waals surface area contributed by atoms with Crippen LogP contribution in [0.5, 0.6) is 5.75 Å². The molecule has 1 amide bonds. The minimum Gasteiger partial charge on any atom is -0.496 e. The lowest BCUT2D eigenvalue weighted by molar-refractivity contribution is 0.0980. The molecule has 0 spiro atoms. The average Bonchev–Trinajstić information content (AvgIpc) is 3.12. The minimum absolute atomic E-state index is 0.0852. The Labute approximate surface area is 104 Å². The molecule has 1 aliphatic rings. The van der Waals surface area contributed by atoms with E-state index >= 15 is 0 Å². The molecule has 92 valence electrons. The average molecular weight is 255 g/mol. The van der Waals surface area contributed by atoms with Crippen LogP contribution in [0, 0.1) is 5.82 Å². The minimum atomic E-state index is -0.544.